The highest BCUT2D eigenvalue weighted by molar-refractivity contribution is 7.21. The monoisotopic (exact) mass is 884 g/mol. The summed E-state index contributed by atoms with van der Waals surface area (Å²) in [7, 11) is -3.04. The van der Waals surface area contributed by atoms with Crippen LogP contribution in [0.3, 0.4) is 0 Å². The molecule has 0 N–H and O–H groups in total. The molecule has 2 aliphatic heterocycles. The molecule has 0 radical (unpaired) electrons. The maximum atomic E-state index is 6.90. The molecule has 0 amide bonds. The van der Waals surface area contributed by atoms with Crippen molar-refractivity contribution in [1.29, 1.82) is 0 Å². The summed E-state index contributed by atoms with van der Waals surface area (Å²) < 4.78 is 18.2. The number of fused-ring (bicyclic) bond motifs is 14. The summed E-state index contributed by atoms with van der Waals surface area (Å²) in [5, 5.41) is 9.49. The molecule has 0 fully saturated rings. The van der Waals surface area contributed by atoms with E-state index >= 15 is 0 Å². The van der Waals surface area contributed by atoms with Crippen molar-refractivity contribution in [3.63, 3.8) is 0 Å². The second kappa shape index (κ2) is 14.1. The third-order valence-corrected chi connectivity index (χ3v) is 19.1. The van der Waals surface area contributed by atoms with Crippen LogP contribution in [0.5, 0.6) is 23.0 Å². The Hall–Kier alpha value is -7.74. The van der Waals surface area contributed by atoms with E-state index in [1.165, 1.54) is 37.5 Å². The third-order valence-electron chi connectivity index (χ3n) is 14.2. The molecule has 0 unspecified atom stereocenters. The van der Waals surface area contributed by atoms with E-state index in [4.69, 9.17) is 19.4 Å². The van der Waals surface area contributed by atoms with Crippen LogP contribution in [0.15, 0.2) is 182 Å². The van der Waals surface area contributed by atoms with E-state index in [9.17, 15) is 0 Å². The van der Waals surface area contributed by atoms with Crippen molar-refractivity contribution < 1.29 is 9.47 Å². The van der Waals surface area contributed by atoms with E-state index in [1.54, 1.807) is 0 Å². The predicted octanol–water partition coefficient (Wildman–Crippen LogP) is 12.5. The first-order chi connectivity index (χ1) is 32.5. The van der Waals surface area contributed by atoms with Crippen LogP contribution < -0.4 is 30.2 Å². The van der Waals surface area contributed by atoms with Crippen LogP contribution in [0.4, 0.5) is 0 Å². The van der Waals surface area contributed by atoms with Gasteiger partial charge in [0.15, 0.2) is 8.07 Å². The maximum Gasteiger partial charge on any atom is 0.237 e. The number of rotatable bonds is 3. The van der Waals surface area contributed by atoms with Crippen molar-refractivity contribution in [2.45, 2.75) is 52.4 Å². The van der Waals surface area contributed by atoms with Gasteiger partial charge in [0.25, 0.3) is 0 Å². The third kappa shape index (κ3) is 5.80. The lowest BCUT2D eigenvalue weighted by atomic mass is 9.85. The molecule has 324 valence electrons. The molecule has 0 aliphatic carbocycles. The molecule has 0 saturated heterocycles. The average molecular weight is 885 g/mol. The number of nitrogens with zero attached hydrogens (tertiary/aromatic N) is 4. The van der Waals surface area contributed by atoms with E-state index in [0.717, 1.165) is 78.1 Å². The van der Waals surface area contributed by atoms with Crippen molar-refractivity contribution in [1.82, 2.24) is 19.1 Å². The minimum absolute atomic E-state index is 0.0289. The number of ether oxygens (including phenoxy) is 2. The summed E-state index contributed by atoms with van der Waals surface area (Å²) in [6.45, 7) is 13.7. The van der Waals surface area contributed by atoms with Gasteiger partial charge in [-0.3, -0.25) is 9.13 Å². The maximum absolute atomic E-state index is 6.90. The Morgan fingerprint density at radius 3 is 1.34 bits per heavy atom. The highest BCUT2D eigenvalue weighted by Gasteiger charge is 2.53. The molecule has 1 spiro atoms. The van der Waals surface area contributed by atoms with E-state index in [-0.39, 0.29) is 10.8 Å². The first-order valence-electron chi connectivity index (χ1n) is 23.2. The SMILES string of the molecule is CC(C)(C)c1ccc2c(c1)c1cc(C(C)(C)C)ccc1n2-c1cc(-c2ccc3c(c2)[Si]2(c4ccccc4Oc4ccccc42)c2ccccc2O3)nc(-n2c3ccccc3c3ccccc32)n1. The fourth-order valence-electron chi connectivity index (χ4n) is 10.9. The Kier molecular flexibility index (Phi) is 8.35. The first-order valence-corrected chi connectivity index (χ1v) is 25.2. The average Bonchev–Trinajstić information content (AvgIpc) is 3.85. The van der Waals surface area contributed by atoms with Gasteiger partial charge in [0.1, 0.15) is 28.8 Å². The number of aromatic nitrogens is 4. The molecular formula is C60H48N4O2Si. The predicted molar refractivity (Wildman–Crippen MR) is 277 cm³/mol. The Balaban J connectivity index is 1.13. The molecule has 13 rings (SSSR count). The van der Waals surface area contributed by atoms with Crippen LogP contribution in [-0.4, -0.2) is 27.2 Å². The van der Waals surface area contributed by atoms with E-state index in [1.807, 2.05) is 0 Å². The largest absolute Gasteiger partial charge is 0.458 e. The van der Waals surface area contributed by atoms with Gasteiger partial charge in [-0.05, 0) is 116 Å². The number of hydrogen-bond acceptors (Lipinski definition) is 4. The zero-order valence-corrected chi connectivity index (χ0v) is 39.4. The van der Waals surface area contributed by atoms with Crippen LogP contribution in [-0.2, 0) is 10.8 Å². The lowest BCUT2D eigenvalue weighted by molar-refractivity contribution is 0.481. The van der Waals surface area contributed by atoms with Gasteiger partial charge in [-0.25, -0.2) is 4.98 Å². The van der Waals surface area contributed by atoms with Gasteiger partial charge in [-0.15, -0.1) is 0 Å². The van der Waals surface area contributed by atoms with Crippen molar-refractivity contribution in [2.75, 3.05) is 0 Å². The van der Waals surface area contributed by atoms with Gasteiger partial charge >= 0.3 is 0 Å². The van der Waals surface area contributed by atoms with Gasteiger partial charge < -0.3 is 9.47 Å². The fourth-order valence-corrected chi connectivity index (χ4v) is 16.1. The number of benzene rings is 8. The second-order valence-electron chi connectivity index (χ2n) is 20.2. The highest BCUT2D eigenvalue weighted by Crippen LogP contribution is 2.41. The first kappa shape index (κ1) is 39.6. The van der Waals surface area contributed by atoms with Crippen molar-refractivity contribution in [3.8, 4) is 46.0 Å². The summed E-state index contributed by atoms with van der Waals surface area (Å²) in [6.07, 6.45) is 0. The Morgan fingerprint density at radius 2 is 0.836 bits per heavy atom. The zero-order chi connectivity index (χ0) is 45.4. The van der Waals surface area contributed by atoms with Crippen LogP contribution in [0.1, 0.15) is 52.7 Å². The topological polar surface area (TPSA) is 54.1 Å². The summed E-state index contributed by atoms with van der Waals surface area (Å²) in [5.74, 6) is 4.90. The molecular weight excluding hydrogens is 837 g/mol. The Bertz CT molecular complexity index is 3640. The van der Waals surface area contributed by atoms with Crippen LogP contribution >= 0.6 is 0 Å². The van der Waals surface area contributed by atoms with Gasteiger partial charge in [0, 0.05) is 33.2 Å². The van der Waals surface area contributed by atoms with Gasteiger partial charge in [0.05, 0.1) is 27.8 Å². The fraction of sp³-hybridized carbons (Fsp3) is 0.133. The second-order valence-corrected chi connectivity index (χ2v) is 23.9. The Morgan fingerprint density at radius 1 is 0.388 bits per heavy atom. The standard InChI is InChI=1S/C60H48N4O2Si/c1-59(2,3)38-28-30-47-42(34-38)43-35-39(60(4,5)6)29-31-48(43)63(47)57-36-44(61-58(62-57)64-45-19-9-7-17-40(45)41-18-8-10-20-46(41)64)37-27-32-52-56(33-37)67(55-26-16-13-23-51(55)66-52)53-24-14-11-21-49(53)65-50-22-12-15-25-54(50)67/h7-36H,1-6H3. The van der Waals surface area contributed by atoms with Crippen LogP contribution in [0.25, 0.3) is 66.6 Å². The minimum Gasteiger partial charge on any atom is -0.458 e. The molecule has 0 saturated carbocycles. The highest BCUT2D eigenvalue weighted by atomic mass is 28.3. The van der Waals surface area contributed by atoms with Gasteiger partial charge in [0.2, 0.25) is 5.95 Å². The molecule has 2 aliphatic rings. The molecule has 0 bridgehead atoms. The van der Waals surface area contributed by atoms with E-state index in [2.05, 4.69) is 233 Å². The van der Waals surface area contributed by atoms with Crippen LogP contribution in [0, 0.1) is 0 Å². The van der Waals surface area contributed by atoms with Gasteiger partial charge in [-0.2, -0.15) is 4.98 Å². The normalized spacial score (nSPS) is 13.9. The quantitative estimate of drug-likeness (QED) is 0.166. The zero-order valence-electron chi connectivity index (χ0n) is 38.4. The molecule has 8 aromatic carbocycles. The minimum atomic E-state index is -3.04. The van der Waals surface area contributed by atoms with Crippen LogP contribution in [0.2, 0.25) is 0 Å². The number of para-hydroxylation sites is 5. The molecule has 11 aromatic rings. The van der Waals surface area contributed by atoms with Crippen molar-refractivity contribution in [3.05, 3.63) is 193 Å². The number of hydrogen-bond donors (Lipinski definition) is 0. The molecule has 6 nitrogen and oxygen atoms in total. The lowest BCUT2D eigenvalue weighted by Gasteiger charge is -2.43. The Labute approximate surface area is 390 Å². The van der Waals surface area contributed by atoms with Crippen molar-refractivity contribution in [2.24, 2.45) is 0 Å². The summed E-state index contributed by atoms with van der Waals surface area (Å²) in [5.41, 5.74) is 8.63. The molecule has 0 atom stereocenters. The lowest BCUT2D eigenvalue weighted by Crippen LogP contribution is -2.77. The summed E-state index contributed by atoms with van der Waals surface area (Å²) in [4.78, 5) is 11.2. The molecule has 7 heteroatoms. The summed E-state index contributed by atoms with van der Waals surface area (Å²) in [6, 6.07) is 65.7. The summed E-state index contributed by atoms with van der Waals surface area (Å²) >= 11 is 0. The molecule has 67 heavy (non-hydrogen) atoms. The molecule has 3 aromatic heterocycles. The van der Waals surface area contributed by atoms with Crippen molar-refractivity contribution >= 4 is 72.4 Å². The van der Waals surface area contributed by atoms with Gasteiger partial charge in [-0.1, -0.05) is 145 Å². The van der Waals surface area contributed by atoms with E-state index in [0.29, 0.717) is 5.95 Å². The molecule has 5 heterocycles. The van der Waals surface area contributed by atoms with E-state index < -0.39 is 8.07 Å². The smallest absolute Gasteiger partial charge is 0.237 e.